The lowest BCUT2D eigenvalue weighted by molar-refractivity contribution is 0.173. The number of fused-ring (bicyclic) bond motifs is 1. The highest BCUT2D eigenvalue weighted by Crippen LogP contribution is 2.41. The molecule has 5 rings (SSSR count). The zero-order chi connectivity index (χ0) is 21.2. The normalized spacial score (nSPS) is 17.3. The molecule has 1 saturated heterocycles. The van der Waals surface area contributed by atoms with Crippen LogP contribution in [0.5, 0.6) is 0 Å². The number of likely N-dealkylation sites (tertiary alicyclic amines) is 1. The van der Waals surface area contributed by atoms with Crippen LogP contribution < -0.4 is 0 Å². The van der Waals surface area contributed by atoms with Crippen molar-refractivity contribution in [3.05, 3.63) is 65.7 Å². The molecule has 160 valence electrons. The largest absolute Gasteiger partial charge is 0.460 e. The Hall–Kier alpha value is -2.47. The summed E-state index contributed by atoms with van der Waals surface area (Å²) < 4.78 is 11.2. The van der Waals surface area contributed by atoms with E-state index >= 15 is 0 Å². The number of nitrogens with zero attached hydrogens (tertiary/aromatic N) is 2. The van der Waals surface area contributed by atoms with Crippen molar-refractivity contribution < 1.29 is 8.71 Å². The van der Waals surface area contributed by atoms with E-state index in [2.05, 4.69) is 34.1 Å². The lowest BCUT2D eigenvalue weighted by atomic mass is 9.93. The standard InChI is InChI=1S/C25H26ClN3O2/c26-30-14-13-29-11-7-17(8-12-29)24-16-22(25(31-24)18-5-9-28-10-6-18)20-1-3-21-19(15-20)2-4-23(21)27/h1,3,5-6,9-10,15-17,27H,2,4,7-8,11-14H2. The average molecular weight is 436 g/mol. The van der Waals surface area contributed by atoms with E-state index in [9.17, 15) is 0 Å². The van der Waals surface area contributed by atoms with Crippen molar-refractivity contribution in [1.82, 2.24) is 9.88 Å². The molecule has 2 aliphatic rings. The molecule has 3 aromatic rings. The Bertz CT molecular complexity index is 1070. The van der Waals surface area contributed by atoms with Crippen LogP contribution in [-0.2, 0) is 10.7 Å². The van der Waals surface area contributed by atoms with Crippen LogP contribution in [0.15, 0.2) is 53.2 Å². The van der Waals surface area contributed by atoms with Gasteiger partial charge in [0, 0.05) is 41.7 Å². The number of furan rings is 1. The number of aromatic nitrogens is 1. The number of hydrogen-bond acceptors (Lipinski definition) is 5. The fourth-order valence-electron chi connectivity index (χ4n) is 4.80. The summed E-state index contributed by atoms with van der Waals surface area (Å²) in [6, 6.07) is 12.7. The van der Waals surface area contributed by atoms with Crippen molar-refractivity contribution in [3.63, 3.8) is 0 Å². The van der Waals surface area contributed by atoms with Crippen molar-refractivity contribution in [3.8, 4) is 22.5 Å². The zero-order valence-corrected chi connectivity index (χ0v) is 18.2. The van der Waals surface area contributed by atoms with Gasteiger partial charge < -0.3 is 14.7 Å². The number of piperidine rings is 1. The smallest absolute Gasteiger partial charge is 0.142 e. The number of hydrogen-bond donors (Lipinski definition) is 1. The van der Waals surface area contributed by atoms with E-state index in [0.717, 1.165) is 84.8 Å². The number of halogens is 1. The number of benzene rings is 1. The second kappa shape index (κ2) is 8.95. The molecule has 0 amide bonds. The Balaban J connectivity index is 1.47. The Labute approximate surface area is 187 Å². The van der Waals surface area contributed by atoms with Crippen LogP contribution in [-0.4, -0.2) is 41.8 Å². The van der Waals surface area contributed by atoms with Crippen LogP contribution in [0.1, 0.15) is 42.1 Å². The maximum atomic E-state index is 8.13. The minimum absolute atomic E-state index is 0.408. The van der Waals surface area contributed by atoms with E-state index < -0.39 is 0 Å². The highest BCUT2D eigenvalue weighted by molar-refractivity contribution is 6.07. The maximum Gasteiger partial charge on any atom is 0.142 e. The lowest BCUT2D eigenvalue weighted by Crippen LogP contribution is -2.34. The van der Waals surface area contributed by atoms with Crippen molar-refractivity contribution in [2.24, 2.45) is 0 Å². The van der Waals surface area contributed by atoms with Gasteiger partial charge in [0.25, 0.3) is 0 Å². The number of nitrogens with one attached hydrogen (secondary N) is 1. The molecular formula is C25H26ClN3O2. The van der Waals surface area contributed by atoms with E-state index in [1.54, 1.807) is 0 Å². The second-order valence-electron chi connectivity index (χ2n) is 8.41. The minimum atomic E-state index is 0.408. The van der Waals surface area contributed by atoms with Crippen LogP contribution in [0.2, 0.25) is 0 Å². The highest BCUT2D eigenvalue weighted by atomic mass is 35.5. The first kappa shape index (κ1) is 20.4. The third kappa shape index (κ3) is 4.18. The summed E-state index contributed by atoms with van der Waals surface area (Å²) in [6.45, 7) is 3.46. The van der Waals surface area contributed by atoms with Crippen molar-refractivity contribution >= 4 is 17.6 Å². The van der Waals surface area contributed by atoms with Gasteiger partial charge >= 0.3 is 0 Å². The Morgan fingerprint density at radius 1 is 1.03 bits per heavy atom. The molecule has 0 atom stereocenters. The first-order chi connectivity index (χ1) is 15.2. The summed E-state index contributed by atoms with van der Waals surface area (Å²) in [6.07, 6.45) is 7.52. The van der Waals surface area contributed by atoms with Crippen LogP contribution in [0.25, 0.3) is 22.5 Å². The summed E-state index contributed by atoms with van der Waals surface area (Å²) in [4.78, 5) is 6.56. The first-order valence-electron chi connectivity index (χ1n) is 10.9. The molecule has 31 heavy (non-hydrogen) atoms. The summed E-state index contributed by atoms with van der Waals surface area (Å²) in [5.41, 5.74) is 6.43. The summed E-state index contributed by atoms with van der Waals surface area (Å²) in [5, 5.41) is 8.13. The molecule has 0 bridgehead atoms. The predicted molar refractivity (Wildman–Crippen MR) is 123 cm³/mol. The lowest BCUT2D eigenvalue weighted by Gasteiger charge is -2.30. The highest BCUT2D eigenvalue weighted by Gasteiger charge is 2.26. The van der Waals surface area contributed by atoms with E-state index in [0.29, 0.717) is 12.5 Å². The summed E-state index contributed by atoms with van der Waals surface area (Å²) in [7, 11) is 0. The Kier molecular flexibility index (Phi) is 5.90. The SMILES string of the molecule is N=C1CCc2cc(-c3cc(C4CCN(CCOCl)CC4)oc3-c3ccncc3)ccc21. The molecule has 1 aliphatic carbocycles. The van der Waals surface area contributed by atoms with Gasteiger partial charge in [0.2, 0.25) is 0 Å². The van der Waals surface area contributed by atoms with E-state index in [1.165, 1.54) is 5.56 Å². The third-order valence-corrected chi connectivity index (χ3v) is 6.71. The van der Waals surface area contributed by atoms with Gasteiger partial charge in [-0.3, -0.25) is 9.27 Å². The van der Waals surface area contributed by atoms with Crippen molar-refractivity contribution in [2.75, 3.05) is 26.2 Å². The number of pyridine rings is 1. The predicted octanol–water partition coefficient (Wildman–Crippen LogP) is 5.67. The van der Waals surface area contributed by atoms with Crippen LogP contribution in [0.4, 0.5) is 0 Å². The molecule has 0 radical (unpaired) electrons. The molecular weight excluding hydrogens is 410 g/mol. The third-order valence-electron chi connectivity index (χ3n) is 6.55. The van der Waals surface area contributed by atoms with Gasteiger partial charge in [-0.25, -0.2) is 0 Å². The Morgan fingerprint density at radius 2 is 1.84 bits per heavy atom. The molecule has 1 aromatic carbocycles. The van der Waals surface area contributed by atoms with E-state index in [1.807, 2.05) is 24.5 Å². The first-order valence-corrected chi connectivity index (χ1v) is 11.2. The van der Waals surface area contributed by atoms with Gasteiger partial charge in [-0.1, -0.05) is 18.2 Å². The quantitative estimate of drug-likeness (QED) is 0.541. The van der Waals surface area contributed by atoms with Gasteiger partial charge in [-0.05, 0) is 73.7 Å². The summed E-state index contributed by atoms with van der Waals surface area (Å²) >= 11 is 5.37. The monoisotopic (exact) mass is 435 g/mol. The van der Waals surface area contributed by atoms with Crippen molar-refractivity contribution in [1.29, 1.82) is 5.41 Å². The second-order valence-corrected chi connectivity index (χ2v) is 8.63. The number of rotatable bonds is 6. The van der Waals surface area contributed by atoms with Gasteiger partial charge in [0.1, 0.15) is 11.5 Å². The molecule has 3 heterocycles. The minimum Gasteiger partial charge on any atom is -0.460 e. The van der Waals surface area contributed by atoms with E-state index in [4.69, 9.17) is 26.0 Å². The van der Waals surface area contributed by atoms with Crippen LogP contribution in [0, 0.1) is 5.41 Å². The maximum absolute atomic E-state index is 8.13. The van der Waals surface area contributed by atoms with Gasteiger partial charge in [-0.15, -0.1) is 0 Å². The molecule has 0 unspecified atom stereocenters. The number of aryl methyl sites for hydroxylation is 1. The van der Waals surface area contributed by atoms with Crippen LogP contribution >= 0.6 is 11.9 Å². The molecule has 6 heteroatoms. The molecule has 0 spiro atoms. The Morgan fingerprint density at radius 3 is 2.61 bits per heavy atom. The molecule has 1 N–H and O–H groups in total. The zero-order valence-electron chi connectivity index (χ0n) is 17.4. The average Bonchev–Trinajstić information content (AvgIpc) is 3.43. The fraction of sp³-hybridized carbons (Fsp3) is 0.360. The molecule has 1 fully saturated rings. The van der Waals surface area contributed by atoms with Crippen LogP contribution in [0.3, 0.4) is 0 Å². The van der Waals surface area contributed by atoms with Gasteiger partial charge in [0.05, 0.1) is 18.5 Å². The molecule has 2 aromatic heterocycles. The molecule has 0 saturated carbocycles. The summed E-state index contributed by atoms with van der Waals surface area (Å²) in [5.74, 6) is 2.37. The van der Waals surface area contributed by atoms with Crippen molar-refractivity contribution in [2.45, 2.75) is 31.6 Å². The van der Waals surface area contributed by atoms with Gasteiger partial charge in [-0.2, -0.15) is 0 Å². The topological polar surface area (TPSA) is 62.4 Å². The molecule has 5 nitrogen and oxygen atoms in total. The molecule has 1 aliphatic heterocycles. The van der Waals surface area contributed by atoms with Gasteiger partial charge in [0.15, 0.2) is 0 Å². The fourth-order valence-corrected chi connectivity index (χ4v) is 4.87. The van der Waals surface area contributed by atoms with E-state index in [-0.39, 0.29) is 0 Å².